The number of allylic oxidation sites excluding steroid dienone is 2. The van der Waals surface area contributed by atoms with E-state index in [-0.39, 0.29) is 4.92 Å². The van der Waals surface area contributed by atoms with Gasteiger partial charge in [-0.1, -0.05) is 19.8 Å². The van der Waals surface area contributed by atoms with E-state index in [4.69, 9.17) is 0 Å². The third-order valence-electron chi connectivity index (χ3n) is 1.60. The highest BCUT2D eigenvalue weighted by Crippen LogP contribution is 2.08. The molecule has 0 fully saturated rings. The minimum Gasteiger partial charge on any atom is -0.259 e. The average Bonchev–Trinajstić information content (AvgIpc) is 1.97. The Labute approximate surface area is 67.3 Å². The quantitative estimate of drug-likeness (QED) is 0.350. The van der Waals surface area contributed by atoms with Crippen molar-refractivity contribution in [2.45, 2.75) is 39.5 Å². The molecule has 11 heavy (non-hydrogen) atoms. The molecule has 64 valence electrons. The number of hydrogen-bond acceptors (Lipinski definition) is 2. The summed E-state index contributed by atoms with van der Waals surface area (Å²) < 4.78 is 0. The molecule has 0 aromatic heterocycles. The van der Waals surface area contributed by atoms with E-state index in [0.717, 1.165) is 19.3 Å². The van der Waals surface area contributed by atoms with Crippen LogP contribution in [0.1, 0.15) is 39.5 Å². The molecule has 0 radical (unpaired) electrons. The second kappa shape index (κ2) is 5.89. The van der Waals surface area contributed by atoms with E-state index in [9.17, 15) is 10.1 Å². The van der Waals surface area contributed by atoms with Crippen LogP contribution in [0.25, 0.3) is 0 Å². The van der Waals surface area contributed by atoms with Crippen molar-refractivity contribution in [2.24, 2.45) is 0 Å². The first kappa shape index (κ1) is 10.1. The summed E-state index contributed by atoms with van der Waals surface area (Å²) in [6.07, 6.45) is 5.30. The molecule has 0 rings (SSSR count). The first-order valence-electron chi connectivity index (χ1n) is 4.02. The fraction of sp³-hybridized carbons (Fsp3) is 0.750. The van der Waals surface area contributed by atoms with Crippen LogP contribution in [0, 0.1) is 10.1 Å². The molecular formula is C8H15NO2. The van der Waals surface area contributed by atoms with Crippen LogP contribution in [0.3, 0.4) is 0 Å². The Balaban J connectivity index is 3.63. The van der Waals surface area contributed by atoms with Crippen LogP contribution in [0.15, 0.2) is 11.8 Å². The van der Waals surface area contributed by atoms with E-state index in [1.807, 2.05) is 0 Å². The van der Waals surface area contributed by atoms with Gasteiger partial charge in [0.1, 0.15) is 0 Å². The molecule has 0 saturated carbocycles. The number of nitrogens with zero attached hydrogens (tertiary/aromatic N) is 1. The second-order valence-electron chi connectivity index (χ2n) is 2.49. The maximum atomic E-state index is 10.3. The lowest BCUT2D eigenvalue weighted by atomic mass is 10.1. The van der Waals surface area contributed by atoms with Gasteiger partial charge >= 0.3 is 0 Å². The van der Waals surface area contributed by atoms with E-state index < -0.39 is 0 Å². The summed E-state index contributed by atoms with van der Waals surface area (Å²) in [5.74, 6) is 0. The van der Waals surface area contributed by atoms with Gasteiger partial charge < -0.3 is 0 Å². The molecule has 0 saturated heterocycles. The lowest BCUT2D eigenvalue weighted by Gasteiger charge is -1.95. The minimum atomic E-state index is -0.296. The number of rotatable bonds is 5. The largest absolute Gasteiger partial charge is 0.259 e. The van der Waals surface area contributed by atoms with Gasteiger partial charge in [0.25, 0.3) is 0 Å². The van der Waals surface area contributed by atoms with Gasteiger partial charge in [-0.05, 0) is 19.4 Å². The lowest BCUT2D eigenvalue weighted by molar-refractivity contribution is -0.428. The molecule has 0 aliphatic rings. The Kier molecular flexibility index (Phi) is 5.43. The molecule has 0 unspecified atom stereocenters. The molecule has 0 aliphatic carbocycles. The van der Waals surface area contributed by atoms with Gasteiger partial charge in [0, 0.05) is 6.42 Å². The van der Waals surface area contributed by atoms with Gasteiger partial charge in [-0.2, -0.15) is 0 Å². The third kappa shape index (κ3) is 4.53. The maximum Gasteiger partial charge on any atom is 0.242 e. The summed E-state index contributed by atoms with van der Waals surface area (Å²) in [4.78, 5) is 9.97. The smallest absolute Gasteiger partial charge is 0.242 e. The summed E-state index contributed by atoms with van der Waals surface area (Å²) in [6, 6.07) is 0. The summed E-state index contributed by atoms with van der Waals surface area (Å²) in [5.41, 5.74) is 0.346. The van der Waals surface area contributed by atoms with Gasteiger partial charge in [0.15, 0.2) is 0 Å². The molecule has 0 bridgehead atoms. The van der Waals surface area contributed by atoms with E-state index in [1.165, 1.54) is 0 Å². The van der Waals surface area contributed by atoms with Gasteiger partial charge in [-0.15, -0.1) is 0 Å². The van der Waals surface area contributed by atoms with Gasteiger partial charge in [0.2, 0.25) is 5.70 Å². The van der Waals surface area contributed by atoms with Crippen molar-refractivity contribution in [2.75, 3.05) is 0 Å². The topological polar surface area (TPSA) is 43.1 Å². The Morgan fingerprint density at radius 1 is 1.55 bits per heavy atom. The predicted octanol–water partition coefficient (Wildman–Crippen LogP) is 2.75. The lowest BCUT2D eigenvalue weighted by Crippen LogP contribution is -1.97. The van der Waals surface area contributed by atoms with Crippen molar-refractivity contribution in [3.8, 4) is 0 Å². The summed E-state index contributed by atoms with van der Waals surface area (Å²) in [5, 5.41) is 10.3. The van der Waals surface area contributed by atoms with Crippen LogP contribution in [-0.4, -0.2) is 4.92 Å². The predicted molar refractivity (Wildman–Crippen MR) is 44.9 cm³/mol. The maximum absolute atomic E-state index is 10.3. The van der Waals surface area contributed by atoms with E-state index in [1.54, 1.807) is 13.0 Å². The zero-order valence-electron chi connectivity index (χ0n) is 7.17. The zero-order chi connectivity index (χ0) is 8.69. The number of unbranched alkanes of at least 4 members (excludes halogenated alkanes) is 2. The van der Waals surface area contributed by atoms with Crippen molar-refractivity contribution < 1.29 is 4.92 Å². The molecule has 0 aliphatic heterocycles. The molecule has 0 amide bonds. The highest BCUT2D eigenvalue weighted by Gasteiger charge is 2.06. The number of hydrogen-bond donors (Lipinski definition) is 0. The first-order valence-corrected chi connectivity index (χ1v) is 4.02. The SMILES string of the molecule is C/C=C(\CCCCC)[N+](=O)[O-]. The first-order chi connectivity index (χ1) is 5.22. The van der Waals surface area contributed by atoms with Gasteiger partial charge in [-0.25, -0.2) is 0 Å². The monoisotopic (exact) mass is 157 g/mol. The van der Waals surface area contributed by atoms with E-state index in [2.05, 4.69) is 6.92 Å². The average molecular weight is 157 g/mol. The molecule has 0 heterocycles. The van der Waals surface area contributed by atoms with Crippen LogP contribution in [0.2, 0.25) is 0 Å². The van der Waals surface area contributed by atoms with Crippen LogP contribution in [-0.2, 0) is 0 Å². The minimum absolute atomic E-state index is 0.296. The number of nitro groups is 1. The van der Waals surface area contributed by atoms with Crippen LogP contribution < -0.4 is 0 Å². The molecule has 0 spiro atoms. The molecule has 0 atom stereocenters. The van der Waals surface area contributed by atoms with Crippen molar-refractivity contribution >= 4 is 0 Å². The molecular weight excluding hydrogens is 142 g/mol. The van der Waals surface area contributed by atoms with Crippen molar-refractivity contribution in [1.82, 2.24) is 0 Å². The second-order valence-corrected chi connectivity index (χ2v) is 2.49. The van der Waals surface area contributed by atoms with Crippen molar-refractivity contribution in [3.63, 3.8) is 0 Å². The highest BCUT2D eigenvalue weighted by atomic mass is 16.6. The summed E-state index contributed by atoms with van der Waals surface area (Å²) in [6.45, 7) is 3.80. The Morgan fingerprint density at radius 3 is 2.55 bits per heavy atom. The van der Waals surface area contributed by atoms with Crippen LogP contribution in [0.4, 0.5) is 0 Å². The molecule has 0 N–H and O–H groups in total. The van der Waals surface area contributed by atoms with Gasteiger partial charge in [-0.3, -0.25) is 10.1 Å². The summed E-state index contributed by atoms with van der Waals surface area (Å²) in [7, 11) is 0. The standard InChI is InChI=1S/C8H15NO2/c1-3-5-6-7-8(4-2)9(10)11/h4H,3,5-7H2,1-2H3/b8-4+. The zero-order valence-corrected chi connectivity index (χ0v) is 7.17. The van der Waals surface area contributed by atoms with Crippen molar-refractivity contribution in [3.05, 3.63) is 21.9 Å². The Hall–Kier alpha value is -0.860. The molecule has 3 nitrogen and oxygen atoms in total. The third-order valence-corrected chi connectivity index (χ3v) is 1.60. The summed E-state index contributed by atoms with van der Waals surface area (Å²) >= 11 is 0. The Morgan fingerprint density at radius 2 is 2.18 bits per heavy atom. The fourth-order valence-corrected chi connectivity index (χ4v) is 0.897. The van der Waals surface area contributed by atoms with E-state index >= 15 is 0 Å². The van der Waals surface area contributed by atoms with Gasteiger partial charge in [0.05, 0.1) is 4.92 Å². The fourth-order valence-electron chi connectivity index (χ4n) is 0.897. The van der Waals surface area contributed by atoms with Crippen LogP contribution >= 0.6 is 0 Å². The molecule has 0 aromatic rings. The molecule has 0 aromatic carbocycles. The molecule has 3 heteroatoms. The van der Waals surface area contributed by atoms with Crippen molar-refractivity contribution in [1.29, 1.82) is 0 Å². The van der Waals surface area contributed by atoms with Crippen LogP contribution in [0.5, 0.6) is 0 Å². The Bertz CT molecular complexity index is 152. The normalized spacial score (nSPS) is 11.6. The van der Waals surface area contributed by atoms with E-state index in [0.29, 0.717) is 12.1 Å². The highest BCUT2D eigenvalue weighted by molar-refractivity contribution is 4.88.